The van der Waals surface area contributed by atoms with Crippen LogP contribution in [0.3, 0.4) is 0 Å². The average Bonchev–Trinajstić information content (AvgIpc) is 3.49. The smallest absolute Gasteiger partial charge is 0.300 e. The molecule has 1 amide bonds. The summed E-state index contributed by atoms with van der Waals surface area (Å²) in [6.45, 7) is 0.792. The molecule has 1 N–H and O–H groups in total. The molecule has 34 heavy (non-hydrogen) atoms. The summed E-state index contributed by atoms with van der Waals surface area (Å²) in [6.07, 6.45) is 1.44. The highest BCUT2D eigenvalue weighted by molar-refractivity contribution is 6.51. The number of furan rings is 1. The van der Waals surface area contributed by atoms with Gasteiger partial charge in [-0.3, -0.25) is 14.5 Å². The van der Waals surface area contributed by atoms with Gasteiger partial charge in [0.15, 0.2) is 23.0 Å². The van der Waals surface area contributed by atoms with Gasteiger partial charge in [0.25, 0.3) is 11.7 Å². The van der Waals surface area contributed by atoms with Crippen LogP contribution >= 0.6 is 0 Å². The van der Waals surface area contributed by atoms with E-state index in [1.807, 2.05) is 0 Å². The van der Waals surface area contributed by atoms with Gasteiger partial charge in [-0.15, -0.1) is 0 Å². The molecule has 174 valence electrons. The molecule has 2 aromatic carbocycles. The van der Waals surface area contributed by atoms with E-state index in [4.69, 9.17) is 23.4 Å². The SMILES string of the molecule is COc1ccc(N2C(=O)C(=O)/C(=C(\O)c3ccc4c(c3)OCCO4)C2c2ccco2)cc1OC. The summed E-state index contributed by atoms with van der Waals surface area (Å²) in [5.41, 5.74) is 0.583. The number of aliphatic hydroxyl groups excluding tert-OH is 1. The van der Waals surface area contributed by atoms with Crippen molar-refractivity contribution in [2.75, 3.05) is 32.3 Å². The number of methoxy groups -OCH3 is 2. The first kappa shape index (κ1) is 21.4. The number of ether oxygens (including phenoxy) is 4. The van der Waals surface area contributed by atoms with Crippen molar-refractivity contribution in [2.45, 2.75) is 6.04 Å². The monoisotopic (exact) mass is 463 g/mol. The average molecular weight is 463 g/mol. The third-order valence-electron chi connectivity index (χ3n) is 5.72. The molecule has 2 aliphatic rings. The molecule has 5 rings (SSSR count). The standard InChI is InChI=1S/C25H21NO8/c1-30-16-8-6-15(13-19(16)31-2)26-22(18-4-3-9-32-18)21(24(28)25(26)29)23(27)14-5-7-17-20(12-14)34-11-10-33-17/h3-9,12-13,22,27H,10-11H2,1-2H3/b23-21-. The van der Waals surface area contributed by atoms with E-state index >= 15 is 0 Å². The Morgan fingerprint density at radius 3 is 2.44 bits per heavy atom. The van der Waals surface area contributed by atoms with Crippen LogP contribution in [0.25, 0.3) is 5.76 Å². The molecule has 0 aliphatic carbocycles. The zero-order chi connectivity index (χ0) is 23.8. The highest BCUT2D eigenvalue weighted by atomic mass is 16.6. The number of hydrogen-bond acceptors (Lipinski definition) is 8. The van der Waals surface area contributed by atoms with Crippen LogP contribution < -0.4 is 23.8 Å². The van der Waals surface area contributed by atoms with E-state index in [0.29, 0.717) is 53.2 Å². The lowest BCUT2D eigenvalue weighted by atomic mass is 9.99. The molecular weight excluding hydrogens is 442 g/mol. The number of rotatable bonds is 5. The Morgan fingerprint density at radius 2 is 1.74 bits per heavy atom. The predicted octanol–water partition coefficient (Wildman–Crippen LogP) is 3.69. The number of aliphatic hydroxyl groups is 1. The second-order valence-electron chi connectivity index (χ2n) is 7.58. The van der Waals surface area contributed by atoms with Crippen molar-refractivity contribution in [3.8, 4) is 23.0 Å². The molecule has 9 nitrogen and oxygen atoms in total. The summed E-state index contributed by atoms with van der Waals surface area (Å²) in [6, 6.07) is 12.0. The minimum Gasteiger partial charge on any atom is -0.507 e. The fourth-order valence-corrected chi connectivity index (χ4v) is 4.14. The number of carbonyl (C=O) groups excluding carboxylic acids is 2. The Kier molecular flexibility index (Phi) is 5.37. The van der Waals surface area contributed by atoms with E-state index in [9.17, 15) is 14.7 Å². The lowest BCUT2D eigenvalue weighted by Gasteiger charge is -2.24. The molecule has 1 aromatic heterocycles. The third-order valence-corrected chi connectivity index (χ3v) is 5.72. The van der Waals surface area contributed by atoms with Crippen LogP contribution in [0.5, 0.6) is 23.0 Å². The Morgan fingerprint density at radius 1 is 0.971 bits per heavy atom. The molecule has 1 fully saturated rings. The molecule has 0 spiro atoms. The van der Waals surface area contributed by atoms with Gasteiger partial charge < -0.3 is 28.5 Å². The summed E-state index contributed by atoms with van der Waals surface area (Å²) in [5.74, 6) is 0.139. The van der Waals surface area contributed by atoms with Crippen LogP contribution in [-0.4, -0.2) is 44.2 Å². The number of nitrogens with zero attached hydrogens (tertiary/aromatic N) is 1. The first-order valence-electron chi connectivity index (χ1n) is 10.5. The second-order valence-corrected chi connectivity index (χ2v) is 7.58. The number of benzene rings is 2. The van der Waals surface area contributed by atoms with E-state index in [1.165, 1.54) is 25.4 Å². The van der Waals surface area contributed by atoms with E-state index in [-0.39, 0.29) is 11.3 Å². The lowest BCUT2D eigenvalue weighted by molar-refractivity contribution is -0.132. The molecule has 2 aliphatic heterocycles. The highest BCUT2D eigenvalue weighted by Gasteiger charge is 2.48. The van der Waals surface area contributed by atoms with Crippen LogP contribution in [0.1, 0.15) is 17.4 Å². The van der Waals surface area contributed by atoms with E-state index in [0.717, 1.165) is 0 Å². The fraction of sp³-hybridized carbons (Fsp3) is 0.200. The van der Waals surface area contributed by atoms with Gasteiger partial charge in [0.1, 0.15) is 30.8 Å². The quantitative estimate of drug-likeness (QED) is 0.347. The van der Waals surface area contributed by atoms with Gasteiger partial charge >= 0.3 is 0 Å². The van der Waals surface area contributed by atoms with Crippen LogP contribution in [0.4, 0.5) is 5.69 Å². The zero-order valence-electron chi connectivity index (χ0n) is 18.4. The van der Waals surface area contributed by atoms with Gasteiger partial charge in [-0.25, -0.2) is 0 Å². The predicted molar refractivity (Wildman–Crippen MR) is 120 cm³/mol. The molecule has 9 heteroatoms. The minimum absolute atomic E-state index is 0.105. The number of carbonyl (C=O) groups is 2. The van der Waals surface area contributed by atoms with Crippen molar-refractivity contribution < 1.29 is 38.1 Å². The van der Waals surface area contributed by atoms with Gasteiger partial charge in [-0.2, -0.15) is 0 Å². The molecular formula is C25H21NO8. The van der Waals surface area contributed by atoms with Crippen molar-refractivity contribution in [2.24, 2.45) is 0 Å². The van der Waals surface area contributed by atoms with Gasteiger partial charge in [0.2, 0.25) is 0 Å². The maximum absolute atomic E-state index is 13.2. The van der Waals surface area contributed by atoms with E-state index in [1.54, 1.807) is 48.5 Å². The topological polar surface area (TPSA) is 108 Å². The van der Waals surface area contributed by atoms with Gasteiger partial charge in [0.05, 0.1) is 26.1 Å². The number of amides is 1. The minimum atomic E-state index is -0.999. The number of anilines is 1. The Bertz CT molecular complexity index is 1290. The van der Waals surface area contributed by atoms with Crippen LogP contribution in [0, 0.1) is 0 Å². The second kappa shape index (κ2) is 8.51. The number of hydrogen-bond donors (Lipinski definition) is 1. The lowest BCUT2D eigenvalue weighted by Crippen LogP contribution is -2.29. The summed E-state index contributed by atoms with van der Waals surface area (Å²) < 4.78 is 27.3. The molecule has 0 radical (unpaired) electrons. The van der Waals surface area contributed by atoms with Gasteiger partial charge in [-0.1, -0.05) is 0 Å². The number of fused-ring (bicyclic) bond motifs is 1. The number of Topliss-reactive ketones (excluding diaryl/α,β-unsaturated/α-hetero) is 1. The maximum atomic E-state index is 13.2. The van der Waals surface area contributed by atoms with Gasteiger partial charge in [0, 0.05) is 17.3 Å². The Balaban J connectivity index is 1.66. The highest BCUT2D eigenvalue weighted by Crippen LogP contribution is 2.45. The molecule has 3 heterocycles. The van der Waals surface area contributed by atoms with Crippen LogP contribution in [0.15, 0.2) is 64.8 Å². The zero-order valence-corrected chi connectivity index (χ0v) is 18.4. The van der Waals surface area contributed by atoms with Crippen LogP contribution in [0.2, 0.25) is 0 Å². The Labute approximate surface area is 194 Å². The van der Waals surface area contributed by atoms with Crippen LogP contribution in [-0.2, 0) is 9.59 Å². The van der Waals surface area contributed by atoms with E-state index in [2.05, 4.69) is 0 Å². The first-order chi connectivity index (χ1) is 16.5. The van der Waals surface area contributed by atoms with Crippen molar-refractivity contribution >= 4 is 23.1 Å². The molecule has 0 saturated carbocycles. The molecule has 1 atom stereocenters. The Hall–Kier alpha value is -4.40. The third kappa shape index (κ3) is 3.42. The van der Waals surface area contributed by atoms with Crippen molar-refractivity contribution in [1.29, 1.82) is 0 Å². The molecule has 0 bridgehead atoms. The van der Waals surface area contributed by atoms with Crippen molar-refractivity contribution in [3.63, 3.8) is 0 Å². The first-order valence-corrected chi connectivity index (χ1v) is 10.5. The molecule has 1 unspecified atom stereocenters. The molecule has 3 aromatic rings. The maximum Gasteiger partial charge on any atom is 0.300 e. The van der Waals surface area contributed by atoms with Crippen molar-refractivity contribution in [1.82, 2.24) is 0 Å². The van der Waals surface area contributed by atoms with Gasteiger partial charge in [-0.05, 0) is 42.5 Å². The number of ketones is 1. The molecule has 1 saturated heterocycles. The summed E-state index contributed by atoms with van der Waals surface area (Å²) in [5, 5.41) is 11.2. The fourth-order valence-electron chi connectivity index (χ4n) is 4.14. The van der Waals surface area contributed by atoms with Crippen molar-refractivity contribution in [3.05, 3.63) is 71.7 Å². The normalized spacial score (nSPS) is 18.8. The summed E-state index contributed by atoms with van der Waals surface area (Å²) >= 11 is 0. The summed E-state index contributed by atoms with van der Waals surface area (Å²) in [7, 11) is 2.97. The summed E-state index contributed by atoms with van der Waals surface area (Å²) in [4.78, 5) is 27.7. The van der Waals surface area contributed by atoms with E-state index < -0.39 is 17.7 Å². The largest absolute Gasteiger partial charge is 0.507 e.